The molecule has 1 aliphatic rings. The fourth-order valence-electron chi connectivity index (χ4n) is 3.44. The number of piperidine rings is 1. The molecule has 1 aromatic carbocycles. The highest BCUT2D eigenvalue weighted by Crippen LogP contribution is 2.14. The van der Waals surface area contributed by atoms with Gasteiger partial charge in [-0.3, -0.25) is 4.90 Å². The molecule has 0 aliphatic carbocycles. The van der Waals surface area contributed by atoms with Crippen LogP contribution >= 0.6 is 35.3 Å². The summed E-state index contributed by atoms with van der Waals surface area (Å²) in [4.78, 5) is 13.0. The standard InChI is InChI=1S/C22H33N5S.HI/c1-3-23-22(24-12-11-21-25-15-18(2)28-21)26-16-19-7-9-20(10-8-19)17-27-13-5-4-6-14-27;/h7-10,15H,3-6,11-14,16-17H2,1-2H3,(H2,23,24,26);1H. The molecule has 0 unspecified atom stereocenters. The van der Waals surface area contributed by atoms with E-state index in [2.05, 4.69) is 58.6 Å². The lowest BCUT2D eigenvalue weighted by atomic mass is 10.1. The second-order valence-electron chi connectivity index (χ2n) is 7.39. The van der Waals surface area contributed by atoms with E-state index in [0.29, 0.717) is 6.54 Å². The van der Waals surface area contributed by atoms with Crippen molar-refractivity contribution in [2.75, 3.05) is 26.2 Å². The molecule has 0 saturated carbocycles. The van der Waals surface area contributed by atoms with Crippen molar-refractivity contribution in [2.24, 2.45) is 4.99 Å². The molecule has 2 aromatic rings. The minimum Gasteiger partial charge on any atom is -0.357 e. The van der Waals surface area contributed by atoms with Crippen LogP contribution in [0.3, 0.4) is 0 Å². The number of aliphatic imine (C=N–C) groups is 1. The van der Waals surface area contributed by atoms with E-state index in [0.717, 1.165) is 32.0 Å². The zero-order valence-electron chi connectivity index (χ0n) is 17.6. The highest BCUT2D eigenvalue weighted by Gasteiger charge is 2.10. The van der Waals surface area contributed by atoms with Crippen molar-refractivity contribution < 1.29 is 0 Å². The van der Waals surface area contributed by atoms with Crippen LogP contribution in [0.2, 0.25) is 0 Å². The lowest BCUT2D eigenvalue weighted by Gasteiger charge is -2.26. The molecule has 2 N–H and O–H groups in total. The minimum absolute atomic E-state index is 0. The van der Waals surface area contributed by atoms with Gasteiger partial charge in [0.25, 0.3) is 0 Å². The second kappa shape index (κ2) is 13.2. The Morgan fingerprint density at radius 1 is 1.10 bits per heavy atom. The largest absolute Gasteiger partial charge is 0.357 e. The van der Waals surface area contributed by atoms with Gasteiger partial charge in [0.05, 0.1) is 11.6 Å². The molecule has 2 heterocycles. The van der Waals surface area contributed by atoms with Crippen LogP contribution in [-0.4, -0.2) is 42.0 Å². The van der Waals surface area contributed by atoms with Crippen molar-refractivity contribution in [3.05, 3.63) is 51.5 Å². The van der Waals surface area contributed by atoms with Crippen LogP contribution < -0.4 is 10.6 Å². The Labute approximate surface area is 196 Å². The van der Waals surface area contributed by atoms with Gasteiger partial charge in [0, 0.05) is 37.1 Å². The van der Waals surface area contributed by atoms with Crippen molar-refractivity contribution in [2.45, 2.75) is 52.6 Å². The monoisotopic (exact) mass is 527 g/mol. The van der Waals surface area contributed by atoms with Gasteiger partial charge in [0.2, 0.25) is 0 Å². The molecule has 0 atom stereocenters. The Morgan fingerprint density at radius 3 is 2.48 bits per heavy atom. The average Bonchev–Trinajstić information content (AvgIpc) is 3.13. The third-order valence-electron chi connectivity index (χ3n) is 4.94. The van der Waals surface area contributed by atoms with Gasteiger partial charge in [-0.25, -0.2) is 9.98 Å². The molecule has 0 amide bonds. The topological polar surface area (TPSA) is 52.6 Å². The van der Waals surface area contributed by atoms with Crippen LogP contribution in [0, 0.1) is 6.92 Å². The van der Waals surface area contributed by atoms with Crippen LogP contribution in [0.25, 0.3) is 0 Å². The summed E-state index contributed by atoms with van der Waals surface area (Å²) in [6.07, 6.45) is 6.94. The van der Waals surface area contributed by atoms with Crippen LogP contribution in [0.15, 0.2) is 35.5 Å². The molecule has 0 bridgehead atoms. The number of aromatic nitrogens is 1. The molecule has 1 aliphatic heterocycles. The third kappa shape index (κ3) is 8.60. The van der Waals surface area contributed by atoms with Gasteiger partial charge in [0.15, 0.2) is 5.96 Å². The number of halogens is 1. The maximum Gasteiger partial charge on any atom is 0.191 e. The van der Waals surface area contributed by atoms with E-state index >= 15 is 0 Å². The first-order valence-electron chi connectivity index (χ1n) is 10.5. The number of benzene rings is 1. The number of hydrogen-bond acceptors (Lipinski definition) is 4. The highest BCUT2D eigenvalue weighted by atomic mass is 127. The molecular weight excluding hydrogens is 493 g/mol. The molecule has 1 saturated heterocycles. The number of nitrogens with zero attached hydrogens (tertiary/aromatic N) is 3. The normalized spacial score (nSPS) is 15.0. The molecule has 160 valence electrons. The van der Waals surface area contributed by atoms with Gasteiger partial charge in [-0.05, 0) is 50.9 Å². The Morgan fingerprint density at radius 2 is 1.83 bits per heavy atom. The molecule has 29 heavy (non-hydrogen) atoms. The first-order valence-corrected chi connectivity index (χ1v) is 11.3. The van der Waals surface area contributed by atoms with Gasteiger partial charge in [-0.2, -0.15) is 0 Å². The smallest absolute Gasteiger partial charge is 0.191 e. The zero-order valence-corrected chi connectivity index (χ0v) is 20.8. The van der Waals surface area contributed by atoms with E-state index in [-0.39, 0.29) is 24.0 Å². The minimum atomic E-state index is 0. The first kappa shape index (κ1) is 24.1. The van der Waals surface area contributed by atoms with Crippen molar-refractivity contribution in [1.82, 2.24) is 20.5 Å². The summed E-state index contributed by atoms with van der Waals surface area (Å²) in [7, 11) is 0. The SMILES string of the molecule is CCNC(=NCc1ccc(CN2CCCCC2)cc1)NCCc1ncc(C)s1.I. The fraction of sp³-hybridized carbons (Fsp3) is 0.545. The van der Waals surface area contributed by atoms with E-state index in [1.54, 1.807) is 11.3 Å². The molecule has 1 aromatic heterocycles. The van der Waals surface area contributed by atoms with E-state index in [1.807, 2.05) is 6.20 Å². The molecule has 5 nitrogen and oxygen atoms in total. The average molecular weight is 528 g/mol. The van der Waals surface area contributed by atoms with Gasteiger partial charge in [-0.15, -0.1) is 35.3 Å². The van der Waals surface area contributed by atoms with Crippen LogP contribution in [-0.2, 0) is 19.5 Å². The number of likely N-dealkylation sites (tertiary alicyclic amines) is 1. The van der Waals surface area contributed by atoms with E-state index in [1.165, 1.54) is 53.4 Å². The summed E-state index contributed by atoms with van der Waals surface area (Å²) in [5.41, 5.74) is 2.65. The highest BCUT2D eigenvalue weighted by molar-refractivity contribution is 14.0. The maximum atomic E-state index is 4.73. The first-order chi connectivity index (χ1) is 13.7. The van der Waals surface area contributed by atoms with Crippen LogP contribution in [0.1, 0.15) is 47.2 Å². The number of hydrogen-bond donors (Lipinski definition) is 2. The fourth-order valence-corrected chi connectivity index (χ4v) is 4.23. The Hall–Kier alpha value is -1.19. The van der Waals surface area contributed by atoms with Crippen LogP contribution in [0.4, 0.5) is 0 Å². The number of guanidine groups is 1. The summed E-state index contributed by atoms with van der Waals surface area (Å²) >= 11 is 1.76. The Kier molecular flexibility index (Phi) is 10.9. The molecule has 0 spiro atoms. The number of thiazole rings is 1. The molecule has 7 heteroatoms. The maximum absolute atomic E-state index is 4.73. The van der Waals surface area contributed by atoms with Gasteiger partial charge in [-0.1, -0.05) is 30.7 Å². The Bertz CT molecular complexity index is 738. The van der Waals surface area contributed by atoms with Gasteiger partial charge < -0.3 is 10.6 Å². The predicted octanol–water partition coefficient (Wildman–Crippen LogP) is 4.35. The van der Waals surface area contributed by atoms with Crippen molar-refractivity contribution in [3.8, 4) is 0 Å². The summed E-state index contributed by atoms with van der Waals surface area (Å²) < 4.78 is 0. The van der Waals surface area contributed by atoms with Crippen molar-refractivity contribution >= 4 is 41.3 Å². The molecule has 1 fully saturated rings. The van der Waals surface area contributed by atoms with Crippen molar-refractivity contribution in [3.63, 3.8) is 0 Å². The third-order valence-corrected chi connectivity index (χ3v) is 5.91. The van der Waals surface area contributed by atoms with E-state index in [9.17, 15) is 0 Å². The molecule has 0 radical (unpaired) electrons. The number of rotatable bonds is 8. The summed E-state index contributed by atoms with van der Waals surface area (Å²) in [6, 6.07) is 8.94. The lowest BCUT2D eigenvalue weighted by Crippen LogP contribution is -2.38. The number of aryl methyl sites for hydroxylation is 1. The molecular formula is C22H34IN5S. The second-order valence-corrected chi connectivity index (χ2v) is 8.71. The Balaban J connectivity index is 0.00000300. The lowest BCUT2D eigenvalue weighted by molar-refractivity contribution is 0.221. The summed E-state index contributed by atoms with van der Waals surface area (Å²) in [5.74, 6) is 0.869. The zero-order chi connectivity index (χ0) is 19.6. The van der Waals surface area contributed by atoms with E-state index in [4.69, 9.17) is 4.99 Å². The quantitative estimate of drug-likeness (QED) is 0.305. The van der Waals surface area contributed by atoms with Gasteiger partial charge in [0.1, 0.15) is 0 Å². The summed E-state index contributed by atoms with van der Waals surface area (Å²) in [6.45, 7) is 10.1. The van der Waals surface area contributed by atoms with Gasteiger partial charge >= 0.3 is 0 Å². The van der Waals surface area contributed by atoms with E-state index < -0.39 is 0 Å². The number of nitrogens with one attached hydrogen (secondary N) is 2. The summed E-state index contributed by atoms with van der Waals surface area (Å²) in [5, 5.41) is 7.91. The predicted molar refractivity (Wildman–Crippen MR) is 134 cm³/mol. The molecule has 3 rings (SSSR count). The van der Waals surface area contributed by atoms with Crippen molar-refractivity contribution in [1.29, 1.82) is 0 Å². The van der Waals surface area contributed by atoms with Crippen LogP contribution in [0.5, 0.6) is 0 Å².